The predicted octanol–water partition coefficient (Wildman–Crippen LogP) is 1.58. The fourth-order valence-electron chi connectivity index (χ4n) is 1.90. The standard InChI is InChI=1S/C14H18N4O2/c1-3-20-14(19)9-13-15-17-18(16-13)10-11(2)12-7-5-4-6-8-12/h4-8,11H,3,9-10H2,1-2H3. The van der Waals surface area contributed by atoms with Gasteiger partial charge in [-0.2, -0.15) is 4.80 Å². The zero-order valence-electron chi connectivity index (χ0n) is 11.7. The molecule has 0 N–H and O–H groups in total. The lowest BCUT2D eigenvalue weighted by atomic mass is 10.0. The van der Waals surface area contributed by atoms with Gasteiger partial charge in [-0.15, -0.1) is 10.2 Å². The van der Waals surface area contributed by atoms with Gasteiger partial charge in [-0.1, -0.05) is 37.3 Å². The monoisotopic (exact) mass is 274 g/mol. The number of carbonyl (C=O) groups is 1. The molecule has 1 heterocycles. The second-order valence-electron chi connectivity index (χ2n) is 4.55. The maximum absolute atomic E-state index is 11.3. The van der Waals surface area contributed by atoms with E-state index in [2.05, 4.69) is 34.5 Å². The highest BCUT2D eigenvalue weighted by molar-refractivity contribution is 5.71. The molecule has 1 aromatic heterocycles. The van der Waals surface area contributed by atoms with E-state index in [9.17, 15) is 4.79 Å². The molecule has 20 heavy (non-hydrogen) atoms. The van der Waals surface area contributed by atoms with Crippen LogP contribution in [0.3, 0.4) is 0 Å². The molecular weight excluding hydrogens is 256 g/mol. The average Bonchev–Trinajstić information content (AvgIpc) is 2.87. The minimum atomic E-state index is -0.330. The molecule has 0 aliphatic rings. The molecule has 1 unspecified atom stereocenters. The van der Waals surface area contributed by atoms with Crippen LogP contribution in [0.15, 0.2) is 30.3 Å². The summed E-state index contributed by atoms with van der Waals surface area (Å²) in [7, 11) is 0. The average molecular weight is 274 g/mol. The van der Waals surface area contributed by atoms with Crippen molar-refractivity contribution in [2.45, 2.75) is 32.7 Å². The minimum Gasteiger partial charge on any atom is -0.466 e. The number of benzene rings is 1. The van der Waals surface area contributed by atoms with E-state index >= 15 is 0 Å². The molecule has 2 aromatic rings. The van der Waals surface area contributed by atoms with Crippen LogP contribution in [-0.4, -0.2) is 32.8 Å². The van der Waals surface area contributed by atoms with Crippen LogP contribution in [0.4, 0.5) is 0 Å². The molecule has 6 nitrogen and oxygen atoms in total. The first-order valence-electron chi connectivity index (χ1n) is 6.66. The first kappa shape index (κ1) is 14.2. The van der Waals surface area contributed by atoms with Gasteiger partial charge in [-0.05, 0) is 17.7 Å². The maximum atomic E-state index is 11.3. The van der Waals surface area contributed by atoms with Crippen LogP contribution < -0.4 is 0 Å². The van der Waals surface area contributed by atoms with Gasteiger partial charge in [0.15, 0.2) is 5.82 Å². The van der Waals surface area contributed by atoms with E-state index in [4.69, 9.17) is 4.74 Å². The molecule has 0 fully saturated rings. The van der Waals surface area contributed by atoms with Gasteiger partial charge in [0.2, 0.25) is 0 Å². The van der Waals surface area contributed by atoms with E-state index in [-0.39, 0.29) is 18.3 Å². The third kappa shape index (κ3) is 3.88. The Morgan fingerprint density at radius 2 is 2.10 bits per heavy atom. The Morgan fingerprint density at radius 3 is 2.80 bits per heavy atom. The van der Waals surface area contributed by atoms with Crippen LogP contribution in [0.1, 0.15) is 31.2 Å². The van der Waals surface area contributed by atoms with Crippen molar-refractivity contribution < 1.29 is 9.53 Å². The van der Waals surface area contributed by atoms with Gasteiger partial charge in [0, 0.05) is 5.92 Å². The van der Waals surface area contributed by atoms with Crippen molar-refractivity contribution in [3.05, 3.63) is 41.7 Å². The lowest BCUT2D eigenvalue weighted by Gasteiger charge is -2.09. The van der Waals surface area contributed by atoms with E-state index in [0.29, 0.717) is 19.0 Å². The summed E-state index contributed by atoms with van der Waals surface area (Å²) in [5.74, 6) is 0.340. The van der Waals surface area contributed by atoms with Gasteiger partial charge < -0.3 is 4.74 Å². The van der Waals surface area contributed by atoms with Crippen molar-refractivity contribution in [3.8, 4) is 0 Å². The van der Waals surface area contributed by atoms with Crippen molar-refractivity contribution in [3.63, 3.8) is 0 Å². The SMILES string of the molecule is CCOC(=O)Cc1nnn(CC(C)c2ccccc2)n1. The van der Waals surface area contributed by atoms with Crippen molar-refractivity contribution >= 4 is 5.97 Å². The predicted molar refractivity (Wildman–Crippen MR) is 73.0 cm³/mol. The first-order valence-corrected chi connectivity index (χ1v) is 6.66. The number of tetrazole rings is 1. The molecule has 1 atom stereocenters. The van der Waals surface area contributed by atoms with Crippen molar-refractivity contribution in [1.82, 2.24) is 20.2 Å². The highest BCUT2D eigenvalue weighted by Crippen LogP contribution is 2.15. The molecule has 0 aliphatic heterocycles. The number of carbonyl (C=O) groups excluding carboxylic acids is 1. The summed E-state index contributed by atoms with van der Waals surface area (Å²) in [4.78, 5) is 12.8. The molecule has 0 bridgehead atoms. The van der Waals surface area contributed by atoms with Gasteiger partial charge in [0.05, 0.1) is 13.2 Å². The van der Waals surface area contributed by atoms with E-state index in [1.165, 1.54) is 10.4 Å². The van der Waals surface area contributed by atoms with Crippen LogP contribution in [0, 0.1) is 0 Å². The topological polar surface area (TPSA) is 69.9 Å². The Bertz CT molecular complexity index is 553. The summed E-state index contributed by atoms with van der Waals surface area (Å²) in [5.41, 5.74) is 1.22. The molecule has 0 spiro atoms. The van der Waals surface area contributed by atoms with Gasteiger partial charge >= 0.3 is 5.97 Å². The summed E-state index contributed by atoms with van der Waals surface area (Å²) >= 11 is 0. The van der Waals surface area contributed by atoms with Crippen LogP contribution in [-0.2, 0) is 22.5 Å². The number of aromatic nitrogens is 4. The number of hydrogen-bond acceptors (Lipinski definition) is 5. The zero-order valence-corrected chi connectivity index (χ0v) is 11.7. The summed E-state index contributed by atoms with van der Waals surface area (Å²) in [6.07, 6.45) is 0.0631. The summed E-state index contributed by atoms with van der Waals surface area (Å²) in [6, 6.07) is 10.1. The van der Waals surface area contributed by atoms with E-state index in [0.717, 1.165) is 0 Å². The number of rotatable bonds is 6. The first-order chi connectivity index (χ1) is 9.69. The molecule has 1 aromatic carbocycles. The van der Waals surface area contributed by atoms with Crippen molar-refractivity contribution in [1.29, 1.82) is 0 Å². The largest absolute Gasteiger partial charge is 0.466 e. The molecule has 0 saturated carbocycles. The summed E-state index contributed by atoms with van der Waals surface area (Å²) < 4.78 is 4.85. The fraction of sp³-hybridized carbons (Fsp3) is 0.429. The highest BCUT2D eigenvalue weighted by atomic mass is 16.5. The lowest BCUT2D eigenvalue weighted by molar-refractivity contribution is -0.142. The molecule has 0 radical (unpaired) electrons. The molecule has 0 aliphatic carbocycles. The maximum Gasteiger partial charge on any atom is 0.313 e. The second-order valence-corrected chi connectivity index (χ2v) is 4.55. The Balaban J connectivity index is 1.94. The van der Waals surface area contributed by atoms with Gasteiger partial charge in [-0.25, -0.2) is 0 Å². The van der Waals surface area contributed by atoms with E-state index in [1.807, 2.05) is 18.2 Å². The Morgan fingerprint density at radius 1 is 1.35 bits per heavy atom. The van der Waals surface area contributed by atoms with Crippen LogP contribution in [0.25, 0.3) is 0 Å². The zero-order chi connectivity index (χ0) is 14.4. The fourth-order valence-corrected chi connectivity index (χ4v) is 1.90. The third-order valence-electron chi connectivity index (χ3n) is 2.91. The second kappa shape index (κ2) is 6.79. The molecular formula is C14H18N4O2. The third-order valence-corrected chi connectivity index (χ3v) is 2.91. The number of nitrogens with zero attached hydrogens (tertiary/aromatic N) is 4. The molecule has 6 heteroatoms. The van der Waals surface area contributed by atoms with Crippen LogP contribution in [0.5, 0.6) is 0 Å². The molecule has 0 saturated heterocycles. The summed E-state index contributed by atoms with van der Waals surface area (Å²) in [5, 5.41) is 12.0. The van der Waals surface area contributed by atoms with Crippen LogP contribution in [0.2, 0.25) is 0 Å². The summed E-state index contributed by atoms with van der Waals surface area (Å²) in [6.45, 7) is 4.85. The van der Waals surface area contributed by atoms with E-state index < -0.39 is 0 Å². The van der Waals surface area contributed by atoms with Gasteiger partial charge in [0.1, 0.15) is 6.42 Å². The van der Waals surface area contributed by atoms with Gasteiger partial charge in [0.25, 0.3) is 0 Å². The Kier molecular flexibility index (Phi) is 4.81. The van der Waals surface area contributed by atoms with Gasteiger partial charge in [-0.3, -0.25) is 4.79 Å². The molecule has 0 amide bonds. The number of hydrogen-bond donors (Lipinski definition) is 0. The number of ether oxygens (including phenoxy) is 1. The Labute approximate surface area is 117 Å². The number of esters is 1. The normalized spacial score (nSPS) is 12.1. The quantitative estimate of drug-likeness (QED) is 0.748. The van der Waals surface area contributed by atoms with E-state index in [1.54, 1.807) is 6.92 Å². The van der Waals surface area contributed by atoms with Crippen molar-refractivity contribution in [2.24, 2.45) is 0 Å². The van der Waals surface area contributed by atoms with Crippen LogP contribution >= 0.6 is 0 Å². The molecule has 2 rings (SSSR count). The Hall–Kier alpha value is -2.24. The van der Waals surface area contributed by atoms with Crippen molar-refractivity contribution in [2.75, 3.05) is 6.61 Å². The highest BCUT2D eigenvalue weighted by Gasteiger charge is 2.12. The minimum absolute atomic E-state index is 0.0631. The molecule has 106 valence electrons. The lowest BCUT2D eigenvalue weighted by Crippen LogP contribution is -2.11. The smallest absolute Gasteiger partial charge is 0.313 e.